The van der Waals surface area contributed by atoms with Crippen LogP contribution in [0.5, 0.6) is 5.75 Å². The Morgan fingerprint density at radius 1 is 1.08 bits per heavy atom. The number of nitrogens with zero attached hydrogens (tertiary/aromatic N) is 3. The van der Waals surface area contributed by atoms with Crippen LogP contribution in [0.3, 0.4) is 0 Å². The van der Waals surface area contributed by atoms with Crippen LogP contribution in [0.2, 0.25) is 0 Å². The highest BCUT2D eigenvalue weighted by molar-refractivity contribution is 5.52. The van der Waals surface area contributed by atoms with Gasteiger partial charge in [-0.25, -0.2) is 9.97 Å². The van der Waals surface area contributed by atoms with Gasteiger partial charge in [-0.05, 0) is 43.5 Å². The Hall–Kier alpha value is -2.30. The summed E-state index contributed by atoms with van der Waals surface area (Å²) in [6.07, 6.45) is 1.00. The van der Waals surface area contributed by atoms with Crippen LogP contribution >= 0.6 is 0 Å². The molecule has 2 aromatic rings. The Morgan fingerprint density at radius 2 is 1.88 bits per heavy atom. The van der Waals surface area contributed by atoms with Crippen molar-refractivity contribution < 1.29 is 4.74 Å². The lowest BCUT2D eigenvalue weighted by atomic mass is 9.99. The highest BCUT2D eigenvalue weighted by atomic mass is 16.5. The summed E-state index contributed by atoms with van der Waals surface area (Å²) in [5.41, 5.74) is 2.71. The first-order chi connectivity index (χ1) is 12.0. The number of methoxy groups -OCH3 is 1. The summed E-state index contributed by atoms with van der Waals surface area (Å²) in [5, 5.41) is 3.42. The first kappa shape index (κ1) is 17.5. The predicted octanol–water partition coefficient (Wildman–Crippen LogP) is 3.99. The molecule has 0 radical (unpaired) electrons. The van der Waals surface area contributed by atoms with E-state index in [1.165, 1.54) is 11.1 Å². The topological polar surface area (TPSA) is 50.3 Å². The van der Waals surface area contributed by atoms with E-state index >= 15 is 0 Å². The highest BCUT2D eigenvalue weighted by Gasteiger charge is 2.20. The lowest BCUT2D eigenvalue weighted by Crippen LogP contribution is -2.31. The summed E-state index contributed by atoms with van der Waals surface area (Å²) in [6, 6.07) is 8.77. The molecule has 0 bridgehead atoms. The van der Waals surface area contributed by atoms with Gasteiger partial charge in [-0.2, -0.15) is 0 Å². The number of nitrogens with one attached hydrogen (secondary N) is 1. The second-order valence-corrected chi connectivity index (χ2v) is 7.23. The molecule has 1 aromatic carbocycles. The summed E-state index contributed by atoms with van der Waals surface area (Å²) < 4.78 is 5.34. The number of hydrogen-bond acceptors (Lipinski definition) is 5. The van der Waals surface area contributed by atoms with Gasteiger partial charge in [-0.15, -0.1) is 0 Å². The lowest BCUT2D eigenvalue weighted by molar-refractivity contribution is 0.413. The van der Waals surface area contributed by atoms with Crippen molar-refractivity contribution in [3.8, 4) is 5.75 Å². The quantitative estimate of drug-likeness (QED) is 0.892. The van der Waals surface area contributed by atoms with E-state index in [-0.39, 0.29) is 0 Å². The van der Waals surface area contributed by atoms with Crippen LogP contribution in [0.1, 0.15) is 50.6 Å². The monoisotopic (exact) mass is 340 g/mol. The van der Waals surface area contributed by atoms with Crippen molar-refractivity contribution in [1.29, 1.82) is 0 Å². The molecule has 1 aliphatic rings. The summed E-state index contributed by atoms with van der Waals surface area (Å²) >= 11 is 0. The molecule has 1 aliphatic heterocycles. The molecule has 0 unspecified atom stereocenters. The number of hydrogen-bond donors (Lipinski definition) is 1. The average Bonchev–Trinajstić information content (AvgIpc) is 2.59. The van der Waals surface area contributed by atoms with Crippen molar-refractivity contribution >= 4 is 11.6 Å². The van der Waals surface area contributed by atoms with Gasteiger partial charge >= 0.3 is 0 Å². The van der Waals surface area contributed by atoms with Crippen LogP contribution in [0, 0.1) is 0 Å². The molecule has 0 amide bonds. The van der Waals surface area contributed by atoms with Gasteiger partial charge in [0.2, 0.25) is 0 Å². The standard InChI is InChI=1S/C20H28N4O/c1-13(2)20-22-18(21-14(3)4)11-19(23-20)24-9-8-15-10-17(25-5)7-6-16(15)12-24/h6-7,10-11,13-14H,8-9,12H2,1-5H3,(H,21,22,23). The average molecular weight is 340 g/mol. The number of fused-ring (bicyclic) bond motifs is 1. The molecule has 0 aliphatic carbocycles. The normalized spacial score (nSPS) is 14.0. The van der Waals surface area contributed by atoms with Crippen molar-refractivity contribution in [2.45, 2.75) is 52.6 Å². The molecule has 3 rings (SSSR count). The van der Waals surface area contributed by atoms with Gasteiger partial charge in [0.05, 0.1) is 7.11 Å². The summed E-state index contributed by atoms with van der Waals surface area (Å²) in [5.74, 6) is 4.03. The maximum Gasteiger partial charge on any atom is 0.135 e. The number of rotatable bonds is 5. The number of anilines is 2. The van der Waals surface area contributed by atoms with E-state index in [4.69, 9.17) is 9.72 Å². The molecule has 1 N–H and O–H groups in total. The van der Waals surface area contributed by atoms with Gasteiger partial charge in [-0.3, -0.25) is 0 Å². The zero-order chi connectivity index (χ0) is 18.0. The molecule has 134 valence electrons. The van der Waals surface area contributed by atoms with E-state index in [1.54, 1.807) is 7.11 Å². The molecule has 0 spiro atoms. The van der Waals surface area contributed by atoms with Gasteiger partial charge in [0, 0.05) is 31.1 Å². The molecule has 0 atom stereocenters. The molecule has 5 nitrogen and oxygen atoms in total. The second-order valence-electron chi connectivity index (χ2n) is 7.23. The Kier molecular flexibility index (Phi) is 5.11. The van der Waals surface area contributed by atoms with Crippen LogP contribution in [-0.4, -0.2) is 29.7 Å². The molecule has 5 heteroatoms. The van der Waals surface area contributed by atoms with Crippen molar-refractivity contribution in [3.63, 3.8) is 0 Å². The van der Waals surface area contributed by atoms with Crippen LogP contribution in [0.25, 0.3) is 0 Å². The highest BCUT2D eigenvalue weighted by Crippen LogP contribution is 2.28. The summed E-state index contributed by atoms with van der Waals surface area (Å²) in [6.45, 7) is 10.3. The van der Waals surface area contributed by atoms with Crippen LogP contribution in [0.15, 0.2) is 24.3 Å². The predicted molar refractivity (Wildman–Crippen MR) is 103 cm³/mol. The Balaban J connectivity index is 1.89. The number of aromatic nitrogens is 2. The minimum Gasteiger partial charge on any atom is -0.497 e. The third-order valence-corrected chi connectivity index (χ3v) is 4.43. The van der Waals surface area contributed by atoms with E-state index in [2.05, 4.69) is 61.1 Å². The smallest absolute Gasteiger partial charge is 0.135 e. The first-order valence-electron chi connectivity index (χ1n) is 9.02. The van der Waals surface area contributed by atoms with E-state index in [0.29, 0.717) is 12.0 Å². The molecule has 25 heavy (non-hydrogen) atoms. The van der Waals surface area contributed by atoms with Gasteiger partial charge in [0.25, 0.3) is 0 Å². The van der Waals surface area contributed by atoms with Gasteiger partial charge in [-0.1, -0.05) is 19.9 Å². The molecule has 2 heterocycles. The third-order valence-electron chi connectivity index (χ3n) is 4.43. The zero-order valence-corrected chi connectivity index (χ0v) is 15.8. The molecule has 0 saturated carbocycles. The third kappa shape index (κ3) is 4.03. The van der Waals surface area contributed by atoms with Gasteiger partial charge in [0.15, 0.2) is 0 Å². The summed E-state index contributed by atoms with van der Waals surface area (Å²) in [4.78, 5) is 11.8. The maximum atomic E-state index is 5.34. The van der Waals surface area contributed by atoms with Crippen LogP contribution in [-0.2, 0) is 13.0 Å². The van der Waals surface area contributed by atoms with Gasteiger partial charge in [0.1, 0.15) is 23.2 Å². The fourth-order valence-corrected chi connectivity index (χ4v) is 3.09. The summed E-state index contributed by atoms with van der Waals surface area (Å²) in [7, 11) is 1.72. The fourth-order valence-electron chi connectivity index (χ4n) is 3.09. The molecule has 0 fully saturated rings. The van der Waals surface area contributed by atoms with Crippen molar-refractivity contribution in [1.82, 2.24) is 9.97 Å². The van der Waals surface area contributed by atoms with E-state index in [1.807, 2.05) is 6.07 Å². The van der Waals surface area contributed by atoms with Crippen LogP contribution < -0.4 is 15.0 Å². The van der Waals surface area contributed by atoms with E-state index in [9.17, 15) is 0 Å². The fraction of sp³-hybridized carbons (Fsp3) is 0.500. The SMILES string of the molecule is COc1ccc2c(c1)CCN(c1cc(NC(C)C)nc(C(C)C)n1)C2. The Bertz CT molecular complexity index is 742. The number of ether oxygens (including phenoxy) is 1. The van der Waals surface area contributed by atoms with E-state index in [0.717, 1.165) is 42.7 Å². The number of benzene rings is 1. The van der Waals surface area contributed by atoms with Crippen LogP contribution in [0.4, 0.5) is 11.6 Å². The van der Waals surface area contributed by atoms with E-state index < -0.39 is 0 Å². The first-order valence-corrected chi connectivity index (χ1v) is 9.02. The largest absolute Gasteiger partial charge is 0.497 e. The minimum absolute atomic E-state index is 0.300. The Morgan fingerprint density at radius 3 is 2.56 bits per heavy atom. The molecular formula is C20H28N4O. The maximum absolute atomic E-state index is 5.34. The zero-order valence-electron chi connectivity index (χ0n) is 15.8. The second kappa shape index (κ2) is 7.30. The minimum atomic E-state index is 0.300. The van der Waals surface area contributed by atoms with Crippen molar-refractivity contribution in [2.24, 2.45) is 0 Å². The molecular weight excluding hydrogens is 312 g/mol. The van der Waals surface area contributed by atoms with Crippen molar-refractivity contribution in [3.05, 3.63) is 41.2 Å². The molecule has 0 saturated heterocycles. The lowest BCUT2D eigenvalue weighted by Gasteiger charge is -2.30. The molecule has 1 aromatic heterocycles. The van der Waals surface area contributed by atoms with Gasteiger partial charge < -0.3 is 15.0 Å². The Labute approximate surface area is 150 Å². The van der Waals surface area contributed by atoms with Crippen molar-refractivity contribution in [2.75, 3.05) is 23.9 Å².